The van der Waals surface area contributed by atoms with Gasteiger partial charge >= 0.3 is 0 Å². The fraction of sp³-hybridized carbons (Fsp3) is 0.0800. The van der Waals surface area contributed by atoms with Crippen molar-refractivity contribution >= 4 is 21.5 Å². The molecule has 0 N–H and O–H groups in total. The Morgan fingerprint density at radius 3 is 1.67 bits per heavy atom. The Kier molecular flexibility index (Phi) is 6.45. The van der Waals surface area contributed by atoms with Crippen LogP contribution >= 0.6 is 0 Å². The maximum absolute atomic E-state index is 9.68. The highest BCUT2D eigenvalue weighted by atomic mass is 14.4. The summed E-state index contributed by atoms with van der Waals surface area (Å²) < 4.78 is 0. The van der Waals surface area contributed by atoms with Crippen molar-refractivity contribution in [1.29, 1.82) is 10.5 Å². The molecule has 0 radical (unpaired) electrons. The van der Waals surface area contributed by atoms with E-state index in [9.17, 15) is 10.5 Å². The molecule has 0 atom stereocenters. The molecular weight excluding hydrogens is 629 g/mol. The first-order chi connectivity index (χ1) is 25.4. The minimum atomic E-state index is -0.236. The van der Waals surface area contributed by atoms with Crippen LogP contribution in [-0.4, -0.2) is 0 Å². The topological polar surface area (TPSA) is 47.6 Å². The number of nitrogens with zero attached hydrogens (tertiary/aromatic N) is 2. The smallest absolute Gasteiger partial charge is 0.0991 e. The van der Waals surface area contributed by atoms with E-state index >= 15 is 0 Å². The van der Waals surface area contributed by atoms with Crippen molar-refractivity contribution in [1.82, 2.24) is 0 Å². The molecule has 2 heteroatoms. The van der Waals surface area contributed by atoms with Gasteiger partial charge < -0.3 is 0 Å². The molecule has 0 aliphatic heterocycles. The van der Waals surface area contributed by atoms with Crippen LogP contribution < -0.4 is 0 Å². The third-order valence-corrected chi connectivity index (χ3v) is 11.5. The Labute approximate surface area is 303 Å². The standard InChI is InChI=1S/C50H32N2/c1-50(2)46-23-31(29-52)13-18-40(46)41-20-16-35(27-47(41)50)49-43-11-7-6-10-42(43)48(32-8-4-3-5-9-32)45-26-34(15-21-44(45)49)33-14-19-39-37(24-33)25-36-22-30(28-51)12-17-38(36)39/h3-24,26-27H,25H2,1-2H3. The molecule has 2 aliphatic rings. The highest BCUT2D eigenvalue weighted by Gasteiger charge is 2.36. The maximum Gasteiger partial charge on any atom is 0.0991 e. The molecule has 0 heterocycles. The van der Waals surface area contributed by atoms with E-state index in [2.05, 4.69) is 153 Å². The summed E-state index contributed by atoms with van der Waals surface area (Å²) in [5, 5.41) is 24.1. The number of hydrogen-bond donors (Lipinski definition) is 0. The second-order valence-corrected chi connectivity index (χ2v) is 14.7. The summed E-state index contributed by atoms with van der Waals surface area (Å²) >= 11 is 0. The van der Waals surface area contributed by atoms with Gasteiger partial charge in [0, 0.05) is 5.41 Å². The van der Waals surface area contributed by atoms with Crippen molar-refractivity contribution < 1.29 is 0 Å². The minimum Gasteiger partial charge on any atom is -0.192 e. The van der Waals surface area contributed by atoms with Crippen LogP contribution in [0.5, 0.6) is 0 Å². The van der Waals surface area contributed by atoms with Gasteiger partial charge in [0.2, 0.25) is 0 Å². The summed E-state index contributed by atoms with van der Waals surface area (Å²) in [5.41, 5.74) is 18.4. The largest absolute Gasteiger partial charge is 0.192 e. The van der Waals surface area contributed by atoms with Crippen LogP contribution in [0.4, 0.5) is 0 Å². The third-order valence-electron chi connectivity index (χ3n) is 11.5. The first-order valence-electron chi connectivity index (χ1n) is 17.8. The van der Waals surface area contributed by atoms with Crippen LogP contribution in [0.15, 0.2) is 146 Å². The van der Waals surface area contributed by atoms with E-state index in [1.54, 1.807) is 0 Å². The number of rotatable bonds is 3. The number of nitriles is 2. The number of hydrogen-bond acceptors (Lipinski definition) is 2. The molecule has 52 heavy (non-hydrogen) atoms. The molecule has 8 aromatic carbocycles. The predicted octanol–water partition coefficient (Wildman–Crippen LogP) is 12.6. The van der Waals surface area contributed by atoms with Crippen molar-refractivity contribution in [2.24, 2.45) is 0 Å². The molecule has 0 aromatic heterocycles. The molecule has 0 amide bonds. The van der Waals surface area contributed by atoms with Gasteiger partial charge in [0.25, 0.3) is 0 Å². The third kappa shape index (κ3) is 4.35. The molecule has 8 aromatic rings. The lowest BCUT2D eigenvalue weighted by atomic mass is 9.80. The minimum absolute atomic E-state index is 0.236. The number of fused-ring (bicyclic) bond motifs is 8. The first kappa shape index (κ1) is 30.1. The summed E-state index contributed by atoms with van der Waals surface area (Å²) in [5.74, 6) is 0. The lowest BCUT2D eigenvalue weighted by Crippen LogP contribution is -2.15. The van der Waals surface area contributed by atoms with Crippen molar-refractivity contribution in [3.05, 3.63) is 179 Å². The van der Waals surface area contributed by atoms with Crippen molar-refractivity contribution in [3.8, 4) is 67.8 Å². The highest BCUT2D eigenvalue weighted by molar-refractivity contribution is 6.22. The molecule has 2 aliphatic carbocycles. The lowest BCUT2D eigenvalue weighted by Gasteiger charge is -2.23. The second kappa shape index (κ2) is 11.1. The van der Waals surface area contributed by atoms with Crippen molar-refractivity contribution in [2.75, 3.05) is 0 Å². The highest BCUT2D eigenvalue weighted by Crippen LogP contribution is 2.52. The molecule has 0 spiro atoms. The Morgan fingerprint density at radius 2 is 0.942 bits per heavy atom. The van der Waals surface area contributed by atoms with E-state index < -0.39 is 0 Å². The first-order valence-corrected chi connectivity index (χ1v) is 17.8. The average molecular weight is 661 g/mol. The molecule has 0 bridgehead atoms. The number of benzene rings is 8. The monoisotopic (exact) mass is 660 g/mol. The molecule has 0 unspecified atom stereocenters. The summed E-state index contributed by atoms with van der Waals surface area (Å²) in [6.07, 6.45) is 0.835. The predicted molar refractivity (Wildman–Crippen MR) is 213 cm³/mol. The molecule has 242 valence electrons. The van der Waals surface area contributed by atoms with E-state index in [4.69, 9.17) is 0 Å². The van der Waals surface area contributed by atoms with Gasteiger partial charge in [-0.25, -0.2) is 0 Å². The Balaban J connectivity index is 1.20. The average Bonchev–Trinajstić information content (AvgIpc) is 3.66. The van der Waals surface area contributed by atoms with Crippen LogP contribution in [0.25, 0.3) is 77.2 Å². The van der Waals surface area contributed by atoms with Crippen LogP contribution in [0.3, 0.4) is 0 Å². The molecular formula is C50H32N2. The SMILES string of the molecule is CC1(C)c2cc(C#N)ccc2-c2ccc(-c3c4ccccc4c(-c4ccccc4)c4cc(-c5ccc6c(c5)Cc5cc(C#N)ccc5-6)ccc34)cc21. The summed E-state index contributed by atoms with van der Waals surface area (Å²) in [6, 6.07) is 57.2. The Hall–Kier alpha value is -6.74. The van der Waals surface area contributed by atoms with Crippen LogP contribution in [0, 0.1) is 22.7 Å². The van der Waals surface area contributed by atoms with E-state index in [1.807, 2.05) is 18.2 Å². The summed E-state index contributed by atoms with van der Waals surface area (Å²) in [4.78, 5) is 0. The van der Waals surface area contributed by atoms with Gasteiger partial charge in [-0.15, -0.1) is 0 Å². The van der Waals surface area contributed by atoms with Crippen LogP contribution in [0.2, 0.25) is 0 Å². The molecule has 0 fully saturated rings. The normalized spacial score (nSPS) is 13.2. The quantitative estimate of drug-likeness (QED) is 0.177. The van der Waals surface area contributed by atoms with Gasteiger partial charge in [0.05, 0.1) is 23.3 Å². The van der Waals surface area contributed by atoms with E-state index in [-0.39, 0.29) is 5.41 Å². The van der Waals surface area contributed by atoms with Crippen molar-refractivity contribution in [3.63, 3.8) is 0 Å². The Morgan fingerprint density at radius 1 is 0.423 bits per heavy atom. The molecule has 0 saturated carbocycles. The molecule has 0 saturated heterocycles. The fourth-order valence-corrected chi connectivity index (χ4v) is 9.01. The van der Waals surface area contributed by atoms with Gasteiger partial charge in [-0.3, -0.25) is 0 Å². The van der Waals surface area contributed by atoms with E-state index in [0.29, 0.717) is 11.1 Å². The summed E-state index contributed by atoms with van der Waals surface area (Å²) in [7, 11) is 0. The lowest BCUT2D eigenvalue weighted by molar-refractivity contribution is 0.660. The van der Waals surface area contributed by atoms with Gasteiger partial charge in [-0.2, -0.15) is 10.5 Å². The van der Waals surface area contributed by atoms with Crippen LogP contribution in [0.1, 0.15) is 47.2 Å². The van der Waals surface area contributed by atoms with Gasteiger partial charge in [0.15, 0.2) is 0 Å². The van der Waals surface area contributed by atoms with E-state index in [1.165, 1.54) is 99.4 Å². The van der Waals surface area contributed by atoms with Gasteiger partial charge in [0.1, 0.15) is 0 Å². The zero-order valence-electron chi connectivity index (χ0n) is 29.0. The summed E-state index contributed by atoms with van der Waals surface area (Å²) in [6.45, 7) is 4.56. The van der Waals surface area contributed by atoms with Gasteiger partial charge in [-0.1, -0.05) is 123 Å². The zero-order valence-corrected chi connectivity index (χ0v) is 29.0. The van der Waals surface area contributed by atoms with Crippen molar-refractivity contribution in [2.45, 2.75) is 25.7 Å². The van der Waals surface area contributed by atoms with Crippen LogP contribution in [-0.2, 0) is 11.8 Å². The second-order valence-electron chi connectivity index (χ2n) is 14.7. The maximum atomic E-state index is 9.68. The fourth-order valence-electron chi connectivity index (χ4n) is 9.01. The molecule has 2 nitrogen and oxygen atoms in total. The van der Waals surface area contributed by atoms with E-state index in [0.717, 1.165) is 6.42 Å². The van der Waals surface area contributed by atoms with Gasteiger partial charge in [-0.05, 0) is 142 Å². The Bertz CT molecular complexity index is 2910. The molecule has 10 rings (SSSR count). The zero-order chi connectivity index (χ0) is 35.1.